The van der Waals surface area contributed by atoms with E-state index >= 15 is 0 Å². The molecule has 0 fully saturated rings. The number of hydrogen-bond acceptors (Lipinski definition) is 3. The average molecular weight is 239 g/mol. The first-order chi connectivity index (χ1) is 7.59. The van der Waals surface area contributed by atoms with Crippen molar-refractivity contribution in [2.24, 2.45) is 5.73 Å². The molecule has 1 rings (SSSR count). The number of carbonyl (C=O) groups is 2. The van der Waals surface area contributed by atoms with E-state index in [9.17, 15) is 9.59 Å². The number of carbonyl (C=O) groups excluding carboxylic acids is 1. The monoisotopic (exact) mass is 239 g/mol. The number of carboxylic acid groups (broad SMARTS) is 1. The highest BCUT2D eigenvalue weighted by Gasteiger charge is 2.20. The highest BCUT2D eigenvalue weighted by Crippen LogP contribution is 2.20. The molecule has 5 heteroatoms. The molecule has 0 bridgehead atoms. The van der Waals surface area contributed by atoms with E-state index in [1.54, 1.807) is 0 Å². The minimum Gasteiger partial charge on any atom is -0.480 e. The molecule has 1 aromatic carbocycles. The summed E-state index contributed by atoms with van der Waals surface area (Å²) in [6.07, 6.45) is -0.132. The van der Waals surface area contributed by atoms with Gasteiger partial charge in [-0.1, -0.05) is 30.3 Å². The van der Waals surface area contributed by atoms with Crippen LogP contribution in [0, 0.1) is 0 Å². The lowest BCUT2D eigenvalue weighted by molar-refractivity contribution is -0.137. The lowest BCUT2D eigenvalue weighted by Gasteiger charge is -2.09. The summed E-state index contributed by atoms with van der Waals surface area (Å²) in [6, 6.07) is 9.50. The van der Waals surface area contributed by atoms with Gasteiger partial charge in [0.05, 0.1) is 0 Å². The van der Waals surface area contributed by atoms with Crippen LogP contribution in [0.3, 0.4) is 0 Å². The van der Waals surface area contributed by atoms with Crippen molar-refractivity contribution in [1.82, 2.24) is 0 Å². The first-order valence-electron chi connectivity index (χ1n) is 4.76. The molecule has 0 spiro atoms. The van der Waals surface area contributed by atoms with Gasteiger partial charge >= 0.3 is 5.97 Å². The number of aliphatic carboxylic acids is 1. The standard InChI is InChI=1S/C11H13NO3S/c12-10(13)6-9(11(14)15)16-7-8-4-2-1-3-5-8/h1-5,9H,6-7H2,(H2,12,13)(H,14,15)/t9-/m0/s1. The van der Waals surface area contributed by atoms with Crippen LogP contribution in [0.1, 0.15) is 12.0 Å². The Hall–Kier alpha value is -1.49. The Morgan fingerprint density at radius 2 is 1.94 bits per heavy atom. The largest absolute Gasteiger partial charge is 0.480 e. The van der Waals surface area contributed by atoms with E-state index in [4.69, 9.17) is 10.8 Å². The van der Waals surface area contributed by atoms with E-state index in [1.807, 2.05) is 30.3 Å². The summed E-state index contributed by atoms with van der Waals surface area (Å²) in [6.45, 7) is 0. The molecule has 0 heterocycles. The Morgan fingerprint density at radius 3 is 2.44 bits per heavy atom. The molecule has 1 aromatic rings. The molecule has 0 aliphatic carbocycles. The van der Waals surface area contributed by atoms with Gasteiger partial charge in [0.15, 0.2) is 0 Å². The topological polar surface area (TPSA) is 80.4 Å². The lowest BCUT2D eigenvalue weighted by atomic mass is 10.2. The molecule has 4 nitrogen and oxygen atoms in total. The molecule has 1 amide bonds. The van der Waals surface area contributed by atoms with E-state index in [2.05, 4.69) is 0 Å². The molecule has 0 aliphatic heterocycles. The van der Waals surface area contributed by atoms with Gasteiger partial charge in [0.1, 0.15) is 5.25 Å². The third kappa shape index (κ3) is 4.35. The van der Waals surface area contributed by atoms with Crippen LogP contribution in [0.2, 0.25) is 0 Å². The number of nitrogens with two attached hydrogens (primary N) is 1. The maximum Gasteiger partial charge on any atom is 0.317 e. The van der Waals surface area contributed by atoms with Gasteiger partial charge in [-0.05, 0) is 5.56 Å². The molecule has 0 aromatic heterocycles. The molecule has 16 heavy (non-hydrogen) atoms. The minimum absolute atomic E-state index is 0.132. The number of benzene rings is 1. The Bertz CT molecular complexity index is 367. The Kier molecular flexibility index (Phi) is 4.85. The third-order valence-corrected chi connectivity index (χ3v) is 3.23. The van der Waals surface area contributed by atoms with Gasteiger partial charge in [-0.15, -0.1) is 11.8 Å². The van der Waals surface area contributed by atoms with Crippen LogP contribution < -0.4 is 5.73 Å². The van der Waals surface area contributed by atoms with Crippen molar-refractivity contribution in [3.05, 3.63) is 35.9 Å². The second-order valence-corrected chi connectivity index (χ2v) is 4.48. The fourth-order valence-electron chi connectivity index (χ4n) is 1.17. The van der Waals surface area contributed by atoms with E-state index in [0.29, 0.717) is 5.75 Å². The average Bonchev–Trinajstić information content (AvgIpc) is 2.25. The Morgan fingerprint density at radius 1 is 1.31 bits per heavy atom. The highest BCUT2D eigenvalue weighted by atomic mass is 32.2. The summed E-state index contributed by atoms with van der Waals surface area (Å²) in [7, 11) is 0. The molecule has 1 atom stereocenters. The van der Waals surface area contributed by atoms with Gasteiger partial charge in [0, 0.05) is 12.2 Å². The van der Waals surface area contributed by atoms with Gasteiger partial charge in [0.2, 0.25) is 5.91 Å². The summed E-state index contributed by atoms with van der Waals surface area (Å²) >= 11 is 1.21. The van der Waals surface area contributed by atoms with Crippen molar-refractivity contribution < 1.29 is 14.7 Å². The quantitative estimate of drug-likeness (QED) is 0.782. The summed E-state index contributed by atoms with van der Waals surface area (Å²) in [5.41, 5.74) is 6.02. The van der Waals surface area contributed by atoms with Crippen LogP contribution in [0.5, 0.6) is 0 Å². The zero-order valence-corrected chi connectivity index (χ0v) is 9.44. The highest BCUT2D eigenvalue weighted by molar-refractivity contribution is 7.99. The fraction of sp³-hybridized carbons (Fsp3) is 0.273. The Balaban J connectivity index is 2.50. The maximum absolute atomic E-state index is 10.8. The summed E-state index contributed by atoms with van der Waals surface area (Å²) < 4.78 is 0. The number of hydrogen-bond donors (Lipinski definition) is 2. The predicted molar refractivity (Wildman–Crippen MR) is 63.0 cm³/mol. The molecule has 0 saturated carbocycles. The van der Waals surface area contributed by atoms with E-state index in [-0.39, 0.29) is 6.42 Å². The molecule has 0 radical (unpaired) electrons. The number of amides is 1. The number of thioether (sulfide) groups is 1. The van der Waals surface area contributed by atoms with Crippen LogP contribution in [0.25, 0.3) is 0 Å². The summed E-state index contributed by atoms with van der Waals surface area (Å²) in [4.78, 5) is 21.5. The van der Waals surface area contributed by atoms with Gasteiger partial charge in [-0.3, -0.25) is 9.59 Å². The minimum atomic E-state index is -1.00. The van der Waals surface area contributed by atoms with Crippen molar-refractivity contribution in [2.75, 3.05) is 0 Å². The van der Waals surface area contributed by atoms with Crippen LogP contribution in [0.4, 0.5) is 0 Å². The third-order valence-electron chi connectivity index (χ3n) is 1.96. The molecular weight excluding hydrogens is 226 g/mol. The zero-order valence-electron chi connectivity index (χ0n) is 8.63. The molecular formula is C11H13NO3S. The van der Waals surface area contributed by atoms with Crippen molar-refractivity contribution in [2.45, 2.75) is 17.4 Å². The van der Waals surface area contributed by atoms with Gasteiger partial charge in [-0.25, -0.2) is 0 Å². The van der Waals surface area contributed by atoms with Gasteiger partial charge in [0.25, 0.3) is 0 Å². The maximum atomic E-state index is 10.8. The second-order valence-electron chi connectivity index (χ2n) is 3.29. The summed E-state index contributed by atoms with van der Waals surface area (Å²) in [5, 5.41) is 8.11. The number of primary amides is 1. The molecule has 0 unspecified atom stereocenters. The SMILES string of the molecule is NC(=O)C[C@H](SCc1ccccc1)C(=O)O. The lowest BCUT2D eigenvalue weighted by Crippen LogP contribution is -2.24. The first-order valence-corrected chi connectivity index (χ1v) is 5.81. The van der Waals surface area contributed by atoms with E-state index < -0.39 is 17.1 Å². The van der Waals surface area contributed by atoms with Gasteiger partial charge < -0.3 is 10.8 Å². The smallest absolute Gasteiger partial charge is 0.317 e. The Labute approximate surface area is 97.8 Å². The van der Waals surface area contributed by atoms with Crippen molar-refractivity contribution >= 4 is 23.6 Å². The predicted octanol–water partition coefficient (Wildman–Crippen LogP) is 1.25. The van der Waals surface area contributed by atoms with Crippen molar-refractivity contribution in [3.8, 4) is 0 Å². The molecule has 0 saturated heterocycles. The van der Waals surface area contributed by atoms with E-state index in [1.165, 1.54) is 11.8 Å². The first kappa shape index (κ1) is 12.6. The van der Waals surface area contributed by atoms with Crippen LogP contribution in [0.15, 0.2) is 30.3 Å². The van der Waals surface area contributed by atoms with E-state index in [0.717, 1.165) is 5.56 Å². The van der Waals surface area contributed by atoms with Crippen LogP contribution in [-0.2, 0) is 15.3 Å². The molecule has 0 aliphatic rings. The number of rotatable bonds is 6. The van der Waals surface area contributed by atoms with Crippen molar-refractivity contribution in [3.63, 3.8) is 0 Å². The van der Waals surface area contributed by atoms with Crippen molar-refractivity contribution in [1.29, 1.82) is 0 Å². The molecule has 3 N–H and O–H groups in total. The number of carboxylic acids is 1. The van der Waals surface area contributed by atoms with Crippen LogP contribution >= 0.6 is 11.8 Å². The second kappa shape index (κ2) is 6.17. The van der Waals surface area contributed by atoms with Crippen LogP contribution in [-0.4, -0.2) is 22.2 Å². The fourth-order valence-corrected chi connectivity index (χ4v) is 2.18. The zero-order chi connectivity index (χ0) is 12.0. The normalized spacial score (nSPS) is 12.0. The summed E-state index contributed by atoms with van der Waals surface area (Å²) in [5.74, 6) is -1.03. The molecule has 86 valence electrons. The van der Waals surface area contributed by atoms with Gasteiger partial charge in [-0.2, -0.15) is 0 Å².